The maximum Gasteiger partial charge on any atom is 0.258 e. The lowest BCUT2D eigenvalue weighted by Gasteiger charge is -2.28. The molecule has 1 saturated heterocycles. The molecule has 0 aliphatic carbocycles. The van der Waals surface area contributed by atoms with Crippen molar-refractivity contribution in [1.82, 2.24) is 14.7 Å². The third-order valence-corrected chi connectivity index (χ3v) is 3.50. The van der Waals surface area contributed by atoms with Crippen LogP contribution in [0.1, 0.15) is 12.1 Å². The fraction of sp³-hybridized carbons (Fsp3) is 0.429. The minimum absolute atomic E-state index is 0.0141. The summed E-state index contributed by atoms with van der Waals surface area (Å²) in [5, 5.41) is 13.0. The Bertz CT molecular complexity index is 655. The summed E-state index contributed by atoms with van der Waals surface area (Å²) in [6.07, 6.45) is 1.95. The average molecular weight is 275 g/mol. The van der Waals surface area contributed by atoms with Crippen LogP contribution < -0.4 is 10.9 Å². The van der Waals surface area contributed by atoms with Crippen molar-refractivity contribution in [2.75, 3.05) is 13.2 Å². The Balaban J connectivity index is 1.76. The van der Waals surface area contributed by atoms with E-state index in [-0.39, 0.29) is 11.6 Å². The summed E-state index contributed by atoms with van der Waals surface area (Å²) in [6, 6.07) is 6.95. The van der Waals surface area contributed by atoms with Crippen LogP contribution in [-0.4, -0.2) is 39.9 Å². The molecule has 1 aliphatic rings. The lowest BCUT2D eigenvalue weighted by atomic mass is 10.1. The summed E-state index contributed by atoms with van der Waals surface area (Å²) in [6.45, 7) is 1.45. The Morgan fingerprint density at radius 1 is 1.50 bits per heavy atom. The van der Waals surface area contributed by atoms with Gasteiger partial charge in [-0.25, -0.2) is 4.98 Å². The second-order valence-corrected chi connectivity index (χ2v) is 4.93. The quantitative estimate of drug-likeness (QED) is 0.820. The molecule has 0 spiro atoms. The van der Waals surface area contributed by atoms with Crippen LogP contribution in [0.4, 0.5) is 0 Å². The number of aliphatic hydroxyl groups excluding tert-OH is 1. The molecule has 0 radical (unpaired) electrons. The molecule has 6 heteroatoms. The van der Waals surface area contributed by atoms with Crippen molar-refractivity contribution in [2.24, 2.45) is 0 Å². The van der Waals surface area contributed by atoms with Gasteiger partial charge in [0.05, 0.1) is 18.4 Å². The van der Waals surface area contributed by atoms with Crippen molar-refractivity contribution in [3.8, 4) is 0 Å². The van der Waals surface area contributed by atoms with Crippen LogP contribution in [-0.2, 0) is 11.3 Å². The largest absolute Gasteiger partial charge is 0.389 e. The van der Waals surface area contributed by atoms with Gasteiger partial charge >= 0.3 is 0 Å². The van der Waals surface area contributed by atoms with Gasteiger partial charge in [-0.3, -0.25) is 9.20 Å². The van der Waals surface area contributed by atoms with E-state index >= 15 is 0 Å². The van der Waals surface area contributed by atoms with Gasteiger partial charge in [0, 0.05) is 31.5 Å². The Morgan fingerprint density at radius 3 is 3.25 bits per heavy atom. The minimum atomic E-state index is -0.509. The van der Waals surface area contributed by atoms with Gasteiger partial charge in [-0.2, -0.15) is 0 Å². The highest BCUT2D eigenvalue weighted by Gasteiger charge is 2.23. The van der Waals surface area contributed by atoms with Crippen LogP contribution in [0.15, 0.2) is 35.3 Å². The summed E-state index contributed by atoms with van der Waals surface area (Å²) in [5.41, 5.74) is 1.21. The van der Waals surface area contributed by atoms with E-state index in [4.69, 9.17) is 4.74 Å². The summed E-state index contributed by atoms with van der Waals surface area (Å²) in [5.74, 6) is 0. The molecule has 1 aliphatic heterocycles. The first-order chi connectivity index (χ1) is 9.74. The normalized spacial score (nSPS) is 23.1. The number of rotatable bonds is 3. The molecule has 20 heavy (non-hydrogen) atoms. The summed E-state index contributed by atoms with van der Waals surface area (Å²) >= 11 is 0. The van der Waals surface area contributed by atoms with Gasteiger partial charge in [0.25, 0.3) is 5.56 Å². The number of nitrogens with zero attached hydrogens (tertiary/aromatic N) is 2. The highest BCUT2D eigenvalue weighted by Crippen LogP contribution is 2.08. The van der Waals surface area contributed by atoms with Crippen molar-refractivity contribution >= 4 is 5.65 Å². The van der Waals surface area contributed by atoms with Crippen molar-refractivity contribution < 1.29 is 9.84 Å². The van der Waals surface area contributed by atoms with E-state index in [0.717, 1.165) is 6.42 Å². The smallest absolute Gasteiger partial charge is 0.258 e. The fourth-order valence-corrected chi connectivity index (χ4v) is 2.39. The number of pyridine rings is 1. The van der Waals surface area contributed by atoms with Gasteiger partial charge < -0.3 is 15.2 Å². The van der Waals surface area contributed by atoms with Crippen LogP contribution in [0.5, 0.6) is 0 Å². The average Bonchev–Trinajstić information content (AvgIpc) is 2.46. The van der Waals surface area contributed by atoms with Crippen molar-refractivity contribution in [3.63, 3.8) is 0 Å². The molecule has 0 saturated carbocycles. The lowest BCUT2D eigenvalue weighted by molar-refractivity contribution is -0.0281. The minimum Gasteiger partial charge on any atom is -0.389 e. The second-order valence-electron chi connectivity index (χ2n) is 4.93. The first kappa shape index (κ1) is 13.2. The molecular weight excluding hydrogens is 258 g/mol. The van der Waals surface area contributed by atoms with Crippen molar-refractivity contribution in [3.05, 3.63) is 46.5 Å². The van der Waals surface area contributed by atoms with E-state index in [9.17, 15) is 9.90 Å². The van der Waals surface area contributed by atoms with Crippen LogP contribution in [0.2, 0.25) is 0 Å². The first-order valence-corrected chi connectivity index (χ1v) is 6.70. The highest BCUT2D eigenvalue weighted by molar-refractivity contribution is 5.37. The standard InChI is InChI=1S/C14H17N3O3/c18-12-9-20-6-4-11(12)15-8-10-7-14(19)17-5-2-1-3-13(17)16-10/h1-3,5,7,11-12,15,18H,4,6,8-9H2/t11-,12-/m0/s1. The predicted molar refractivity (Wildman–Crippen MR) is 73.5 cm³/mol. The van der Waals surface area contributed by atoms with Crippen LogP contribution in [0, 0.1) is 0 Å². The molecule has 3 heterocycles. The summed E-state index contributed by atoms with van der Waals surface area (Å²) in [4.78, 5) is 16.4. The summed E-state index contributed by atoms with van der Waals surface area (Å²) in [7, 11) is 0. The zero-order valence-corrected chi connectivity index (χ0v) is 11.0. The van der Waals surface area contributed by atoms with Crippen molar-refractivity contribution in [2.45, 2.75) is 25.1 Å². The number of fused-ring (bicyclic) bond motifs is 1. The molecule has 0 unspecified atom stereocenters. The van der Waals surface area contributed by atoms with Gasteiger partial charge in [0.2, 0.25) is 0 Å². The van der Waals surface area contributed by atoms with Gasteiger partial charge in [0.15, 0.2) is 0 Å². The first-order valence-electron chi connectivity index (χ1n) is 6.70. The maximum absolute atomic E-state index is 11.9. The summed E-state index contributed by atoms with van der Waals surface area (Å²) < 4.78 is 6.69. The van der Waals surface area contributed by atoms with Gasteiger partial charge in [-0.05, 0) is 18.6 Å². The number of hydrogen-bond donors (Lipinski definition) is 2. The number of hydrogen-bond acceptors (Lipinski definition) is 5. The van der Waals surface area contributed by atoms with E-state index < -0.39 is 6.10 Å². The Kier molecular flexibility index (Phi) is 3.77. The molecule has 6 nitrogen and oxygen atoms in total. The molecule has 1 fully saturated rings. The van der Waals surface area contributed by atoms with Crippen LogP contribution in [0.25, 0.3) is 5.65 Å². The third-order valence-electron chi connectivity index (χ3n) is 3.50. The highest BCUT2D eigenvalue weighted by atomic mass is 16.5. The fourth-order valence-electron chi connectivity index (χ4n) is 2.39. The second kappa shape index (κ2) is 5.70. The molecule has 0 bridgehead atoms. The topological polar surface area (TPSA) is 75.9 Å². The molecule has 0 amide bonds. The zero-order valence-electron chi connectivity index (χ0n) is 11.0. The Morgan fingerprint density at radius 2 is 2.40 bits per heavy atom. The molecule has 2 atom stereocenters. The third kappa shape index (κ3) is 2.72. The maximum atomic E-state index is 11.9. The van der Waals surface area contributed by atoms with Crippen molar-refractivity contribution in [1.29, 1.82) is 0 Å². The van der Waals surface area contributed by atoms with E-state index in [1.807, 2.05) is 6.07 Å². The van der Waals surface area contributed by atoms with E-state index in [1.165, 1.54) is 10.5 Å². The zero-order chi connectivity index (χ0) is 13.9. The Hall–Kier alpha value is -1.76. The molecule has 2 N–H and O–H groups in total. The number of aliphatic hydroxyl groups is 1. The number of nitrogens with one attached hydrogen (secondary N) is 1. The lowest BCUT2D eigenvalue weighted by Crippen LogP contribution is -2.46. The molecular formula is C14H17N3O3. The van der Waals surface area contributed by atoms with Gasteiger partial charge in [-0.15, -0.1) is 0 Å². The van der Waals surface area contributed by atoms with E-state index in [0.29, 0.717) is 31.1 Å². The van der Waals surface area contributed by atoms with Gasteiger partial charge in [0.1, 0.15) is 5.65 Å². The molecule has 2 aromatic heterocycles. The monoisotopic (exact) mass is 275 g/mol. The molecule has 2 aromatic rings. The number of aromatic nitrogens is 2. The molecule has 0 aromatic carbocycles. The van der Waals surface area contributed by atoms with Crippen LogP contribution in [0.3, 0.4) is 0 Å². The number of ether oxygens (including phenoxy) is 1. The van der Waals surface area contributed by atoms with E-state index in [1.54, 1.807) is 18.3 Å². The van der Waals surface area contributed by atoms with Gasteiger partial charge in [-0.1, -0.05) is 6.07 Å². The predicted octanol–water partition coefficient (Wildman–Crippen LogP) is -0.0661. The molecule has 3 rings (SSSR count). The van der Waals surface area contributed by atoms with E-state index in [2.05, 4.69) is 10.3 Å². The van der Waals surface area contributed by atoms with Crippen LogP contribution >= 0.6 is 0 Å². The Labute approximate surface area is 116 Å². The molecule has 106 valence electrons. The SMILES string of the molecule is O=c1cc(CN[C@H]2CCOC[C@@H]2O)nc2ccccn12.